The standard InChI is InChI=1S/C26H32N2O4/c1-17-10-12-27(25(18(17)2)20-8-5-9-22(29)14-20)13-11-24(30)28-16-21-7-4-3-6-19(21)15-23(28)26(31)32/h3-9,14,17-18,23,25,29H,10-13,15-16H2,1-2H3,(H,31,32)/t17-,18-,23+,25?/m1/s1. The maximum Gasteiger partial charge on any atom is 0.326 e. The molecule has 0 saturated carbocycles. The minimum absolute atomic E-state index is 0.118. The van der Waals surface area contributed by atoms with Gasteiger partial charge >= 0.3 is 5.97 Å². The number of benzene rings is 2. The monoisotopic (exact) mass is 436 g/mol. The van der Waals surface area contributed by atoms with Gasteiger partial charge in [-0.2, -0.15) is 0 Å². The van der Waals surface area contributed by atoms with Crippen LogP contribution in [0.1, 0.15) is 49.4 Å². The van der Waals surface area contributed by atoms with Crippen molar-refractivity contribution in [2.24, 2.45) is 11.8 Å². The summed E-state index contributed by atoms with van der Waals surface area (Å²) in [6.07, 6.45) is 1.68. The predicted octanol–water partition coefficient (Wildman–Crippen LogP) is 3.84. The van der Waals surface area contributed by atoms with Crippen LogP contribution >= 0.6 is 0 Å². The Morgan fingerprint density at radius 2 is 1.81 bits per heavy atom. The van der Waals surface area contributed by atoms with Crippen LogP contribution in [0.2, 0.25) is 0 Å². The van der Waals surface area contributed by atoms with Crippen LogP contribution in [0.5, 0.6) is 5.75 Å². The molecule has 0 spiro atoms. The second-order valence-corrected chi connectivity index (χ2v) is 9.30. The molecule has 0 aromatic heterocycles. The lowest BCUT2D eigenvalue weighted by Gasteiger charge is -2.44. The Morgan fingerprint density at radius 3 is 2.53 bits per heavy atom. The number of amides is 1. The Bertz CT molecular complexity index is 991. The highest BCUT2D eigenvalue weighted by molar-refractivity contribution is 5.84. The van der Waals surface area contributed by atoms with E-state index in [0.717, 1.165) is 29.7 Å². The van der Waals surface area contributed by atoms with Crippen molar-refractivity contribution in [1.82, 2.24) is 9.80 Å². The third-order valence-electron chi connectivity index (χ3n) is 7.34. The molecule has 2 aromatic carbocycles. The van der Waals surface area contributed by atoms with E-state index in [1.165, 1.54) is 4.90 Å². The summed E-state index contributed by atoms with van der Waals surface area (Å²) in [5, 5.41) is 19.7. The van der Waals surface area contributed by atoms with Crippen molar-refractivity contribution in [3.8, 4) is 5.75 Å². The van der Waals surface area contributed by atoms with Crippen molar-refractivity contribution < 1.29 is 19.8 Å². The van der Waals surface area contributed by atoms with Gasteiger partial charge in [-0.05, 0) is 53.6 Å². The summed E-state index contributed by atoms with van der Waals surface area (Å²) in [4.78, 5) is 29.0. The van der Waals surface area contributed by atoms with Crippen LogP contribution in [0.3, 0.4) is 0 Å². The molecular formula is C26H32N2O4. The highest BCUT2D eigenvalue weighted by Crippen LogP contribution is 2.40. The van der Waals surface area contributed by atoms with Gasteiger partial charge in [-0.3, -0.25) is 9.69 Å². The molecule has 1 fully saturated rings. The summed E-state index contributed by atoms with van der Waals surface area (Å²) in [7, 11) is 0. The summed E-state index contributed by atoms with van der Waals surface area (Å²) in [5.41, 5.74) is 3.09. The average Bonchev–Trinajstić information content (AvgIpc) is 2.78. The Hall–Kier alpha value is -2.86. The third-order valence-corrected chi connectivity index (χ3v) is 7.34. The van der Waals surface area contributed by atoms with E-state index in [9.17, 15) is 19.8 Å². The first kappa shape index (κ1) is 22.3. The van der Waals surface area contributed by atoms with Gasteiger partial charge in [0.25, 0.3) is 0 Å². The van der Waals surface area contributed by atoms with Gasteiger partial charge in [0.15, 0.2) is 0 Å². The fraction of sp³-hybridized carbons (Fsp3) is 0.462. The number of piperidine rings is 1. The van der Waals surface area contributed by atoms with Crippen molar-refractivity contribution >= 4 is 11.9 Å². The lowest BCUT2D eigenvalue weighted by Crippen LogP contribution is -2.50. The van der Waals surface area contributed by atoms with Crippen LogP contribution in [0, 0.1) is 11.8 Å². The van der Waals surface area contributed by atoms with Crippen molar-refractivity contribution in [3.63, 3.8) is 0 Å². The van der Waals surface area contributed by atoms with Crippen LogP contribution < -0.4 is 0 Å². The number of nitrogens with zero attached hydrogens (tertiary/aromatic N) is 2. The average molecular weight is 437 g/mol. The van der Waals surface area contributed by atoms with Gasteiger partial charge in [-0.1, -0.05) is 50.2 Å². The number of carbonyl (C=O) groups is 2. The maximum absolute atomic E-state index is 13.2. The molecule has 2 aromatic rings. The molecule has 2 aliphatic heterocycles. The number of hydrogen-bond donors (Lipinski definition) is 2. The van der Waals surface area contributed by atoms with E-state index in [-0.39, 0.29) is 24.1 Å². The van der Waals surface area contributed by atoms with Crippen LogP contribution in [0.15, 0.2) is 48.5 Å². The smallest absolute Gasteiger partial charge is 0.326 e. The summed E-state index contributed by atoms with van der Waals surface area (Å²) in [6.45, 7) is 6.28. The van der Waals surface area contributed by atoms with Gasteiger partial charge < -0.3 is 15.1 Å². The first-order valence-electron chi connectivity index (χ1n) is 11.5. The van der Waals surface area contributed by atoms with Crippen molar-refractivity contribution in [2.45, 2.75) is 51.7 Å². The van der Waals surface area contributed by atoms with Crippen LogP contribution in [0.4, 0.5) is 0 Å². The SMILES string of the molecule is C[C@@H]1CCN(CCC(=O)N2Cc3ccccc3C[C@H]2C(=O)O)C(c2cccc(O)c2)[C@@H]1C. The number of aliphatic carboxylic acids is 1. The molecule has 1 saturated heterocycles. The topological polar surface area (TPSA) is 81.1 Å². The van der Waals surface area contributed by atoms with Gasteiger partial charge in [-0.25, -0.2) is 4.79 Å². The Morgan fingerprint density at radius 1 is 1.06 bits per heavy atom. The number of aromatic hydroxyl groups is 1. The predicted molar refractivity (Wildman–Crippen MR) is 122 cm³/mol. The number of fused-ring (bicyclic) bond motifs is 1. The molecule has 0 aliphatic carbocycles. The summed E-state index contributed by atoms with van der Waals surface area (Å²) in [6, 6.07) is 14.5. The molecule has 1 amide bonds. The molecule has 6 heteroatoms. The van der Waals surface area contributed by atoms with Gasteiger partial charge in [0.05, 0.1) is 0 Å². The lowest BCUT2D eigenvalue weighted by atomic mass is 9.79. The molecule has 32 heavy (non-hydrogen) atoms. The number of phenols is 1. The van der Waals surface area contributed by atoms with E-state index in [1.807, 2.05) is 42.5 Å². The number of hydrogen-bond acceptors (Lipinski definition) is 4. The van der Waals surface area contributed by atoms with Crippen LogP contribution in [-0.4, -0.2) is 51.0 Å². The summed E-state index contributed by atoms with van der Waals surface area (Å²) in [5.74, 6) is 0.109. The minimum Gasteiger partial charge on any atom is -0.508 e. The number of likely N-dealkylation sites (tertiary alicyclic amines) is 1. The second-order valence-electron chi connectivity index (χ2n) is 9.30. The van der Waals surface area contributed by atoms with Crippen molar-refractivity contribution in [2.75, 3.05) is 13.1 Å². The highest BCUT2D eigenvalue weighted by Gasteiger charge is 2.37. The Labute approximate surface area is 189 Å². The van der Waals surface area contributed by atoms with Crippen molar-refractivity contribution in [3.05, 3.63) is 65.2 Å². The van der Waals surface area contributed by atoms with Crippen LogP contribution in [0.25, 0.3) is 0 Å². The molecule has 4 rings (SSSR count). The molecule has 0 radical (unpaired) electrons. The third kappa shape index (κ3) is 4.51. The Balaban J connectivity index is 1.50. The first-order chi connectivity index (χ1) is 15.3. The zero-order valence-corrected chi connectivity index (χ0v) is 18.8. The second kappa shape index (κ2) is 9.33. The minimum atomic E-state index is -0.953. The molecule has 170 valence electrons. The zero-order chi connectivity index (χ0) is 22.8. The Kier molecular flexibility index (Phi) is 6.51. The summed E-state index contributed by atoms with van der Waals surface area (Å²) >= 11 is 0. The molecule has 2 N–H and O–H groups in total. The van der Waals surface area contributed by atoms with E-state index < -0.39 is 12.0 Å². The molecular weight excluding hydrogens is 404 g/mol. The fourth-order valence-electron chi connectivity index (χ4n) is 5.28. The number of carbonyl (C=O) groups excluding carboxylic acids is 1. The number of carboxylic acid groups (broad SMARTS) is 1. The lowest BCUT2D eigenvalue weighted by molar-refractivity contribution is -0.151. The molecule has 2 heterocycles. The largest absolute Gasteiger partial charge is 0.508 e. The number of carboxylic acids is 1. The van der Waals surface area contributed by atoms with E-state index in [1.54, 1.807) is 6.07 Å². The highest BCUT2D eigenvalue weighted by atomic mass is 16.4. The molecule has 4 atom stereocenters. The molecule has 1 unspecified atom stereocenters. The van der Waals surface area contributed by atoms with E-state index in [2.05, 4.69) is 18.7 Å². The van der Waals surface area contributed by atoms with E-state index in [4.69, 9.17) is 0 Å². The summed E-state index contributed by atoms with van der Waals surface area (Å²) < 4.78 is 0. The van der Waals surface area contributed by atoms with Gasteiger partial charge in [0.1, 0.15) is 11.8 Å². The maximum atomic E-state index is 13.2. The van der Waals surface area contributed by atoms with Crippen LogP contribution in [-0.2, 0) is 22.6 Å². The number of phenolic OH excluding ortho intramolecular Hbond substituents is 1. The molecule has 6 nitrogen and oxygen atoms in total. The first-order valence-corrected chi connectivity index (χ1v) is 11.5. The van der Waals surface area contributed by atoms with Crippen molar-refractivity contribution in [1.29, 1.82) is 0 Å². The van der Waals surface area contributed by atoms with E-state index in [0.29, 0.717) is 31.3 Å². The molecule has 2 aliphatic rings. The van der Waals surface area contributed by atoms with Gasteiger partial charge in [0.2, 0.25) is 5.91 Å². The van der Waals surface area contributed by atoms with Gasteiger partial charge in [0, 0.05) is 32.0 Å². The van der Waals surface area contributed by atoms with E-state index >= 15 is 0 Å². The molecule has 0 bridgehead atoms. The normalized spacial score (nSPS) is 25.9. The number of rotatable bonds is 5. The fourth-order valence-corrected chi connectivity index (χ4v) is 5.28. The zero-order valence-electron chi connectivity index (χ0n) is 18.8. The quantitative estimate of drug-likeness (QED) is 0.744. The van der Waals surface area contributed by atoms with Gasteiger partial charge in [-0.15, -0.1) is 0 Å².